The van der Waals surface area contributed by atoms with Crippen LogP contribution in [0.15, 0.2) is 0 Å². The zero-order chi connectivity index (χ0) is 7.49. The number of carbonyl (C=O) groups excluding carboxylic acids is 1. The highest BCUT2D eigenvalue weighted by Crippen LogP contribution is 2.20. The molecular formula is C5H9I2NO. The Morgan fingerprint density at radius 3 is 2.33 bits per heavy atom. The average Bonchev–Trinajstić information content (AvgIpc) is 1.86. The number of halogens is 2. The zero-order valence-electron chi connectivity index (χ0n) is 5.37. The Hall–Kier alpha value is 0.930. The molecule has 1 amide bonds. The Balaban J connectivity index is 3.97. The molecule has 0 rings (SSSR count). The predicted octanol–water partition coefficient (Wildman–Crippen LogP) is 1.36. The fourth-order valence-electron chi connectivity index (χ4n) is 0.321. The van der Waals surface area contributed by atoms with E-state index in [0.29, 0.717) is 0 Å². The molecule has 0 saturated heterocycles. The van der Waals surface area contributed by atoms with Crippen LogP contribution in [-0.2, 0) is 4.79 Å². The summed E-state index contributed by atoms with van der Waals surface area (Å²) in [6, 6.07) is 0. The molecule has 0 saturated carbocycles. The van der Waals surface area contributed by atoms with Gasteiger partial charge < -0.3 is 5.32 Å². The van der Waals surface area contributed by atoms with Gasteiger partial charge in [-0.15, -0.1) is 0 Å². The van der Waals surface area contributed by atoms with Gasteiger partial charge in [-0.25, -0.2) is 0 Å². The lowest BCUT2D eigenvalue weighted by Gasteiger charge is -2.16. The van der Waals surface area contributed by atoms with Gasteiger partial charge in [0.15, 0.2) is 0 Å². The van der Waals surface area contributed by atoms with Gasteiger partial charge in [-0.3, -0.25) is 4.79 Å². The maximum absolute atomic E-state index is 10.9. The van der Waals surface area contributed by atoms with E-state index in [-0.39, 0.29) is 9.33 Å². The quantitative estimate of drug-likeness (QED) is 0.590. The van der Waals surface area contributed by atoms with Crippen molar-refractivity contribution in [3.05, 3.63) is 0 Å². The van der Waals surface area contributed by atoms with Crippen molar-refractivity contribution in [1.82, 2.24) is 5.32 Å². The van der Waals surface area contributed by atoms with E-state index in [2.05, 4.69) is 50.5 Å². The Morgan fingerprint density at radius 2 is 2.22 bits per heavy atom. The van der Waals surface area contributed by atoms with Gasteiger partial charge >= 0.3 is 0 Å². The molecule has 0 aromatic carbocycles. The molecule has 0 aliphatic heterocycles. The Labute approximate surface area is 82.4 Å². The van der Waals surface area contributed by atoms with Gasteiger partial charge in [0.25, 0.3) is 0 Å². The van der Waals surface area contributed by atoms with Crippen LogP contribution in [0.5, 0.6) is 0 Å². The molecule has 1 unspecified atom stereocenters. The zero-order valence-corrected chi connectivity index (χ0v) is 9.69. The van der Waals surface area contributed by atoms with Crippen LogP contribution in [0.1, 0.15) is 6.92 Å². The van der Waals surface area contributed by atoms with E-state index in [1.165, 1.54) is 0 Å². The van der Waals surface area contributed by atoms with Crippen molar-refractivity contribution in [2.75, 3.05) is 11.5 Å². The lowest BCUT2D eigenvalue weighted by Crippen LogP contribution is -2.38. The van der Waals surface area contributed by atoms with Crippen LogP contribution in [0.4, 0.5) is 0 Å². The smallest absolute Gasteiger partial charge is 0.236 e. The highest BCUT2D eigenvalue weighted by Gasteiger charge is 2.26. The summed E-state index contributed by atoms with van der Waals surface area (Å²) in [4.78, 5) is 10.9. The van der Waals surface area contributed by atoms with Gasteiger partial charge in [-0.05, 0) is 6.92 Å². The number of hydrogen-bond acceptors (Lipinski definition) is 1. The molecule has 0 spiro atoms. The van der Waals surface area contributed by atoms with E-state index in [4.69, 9.17) is 0 Å². The predicted molar refractivity (Wildman–Crippen MR) is 55.4 cm³/mol. The minimum atomic E-state index is -0.243. The van der Waals surface area contributed by atoms with E-state index in [0.717, 1.165) is 4.43 Å². The fraction of sp³-hybridized carbons (Fsp3) is 0.800. The molecular weight excluding hydrogens is 344 g/mol. The molecule has 2 nitrogen and oxygen atoms in total. The standard InChI is InChI=1S/C5H9I2NO/c1-5(7,3-6)4(9)8-2/h3H2,1-2H3,(H,8,9). The average molecular weight is 353 g/mol. The van der Waals surface area contributed by atoms with Crippen molar-refractivity contribution in [3.63, 3.8) is 0 Å². The highest BCUT2D eigenvalue weighted by molar-refractivity contribution is 14.1. The largest absolute Gasteiger partial charge is 0.358 e. The minimum Gasteiger partial charge on any atom is -0.358 e. The van der Waals surface area contributed by atoms with Crippen LogP contribution in [0.2, 0.25) is 0 Å². The Bertz CT molecular complexity index is 114. The monoisotopic (exact) mass is 353 g/mol. The van der Waals surface area contributed by atoms with Crippen LogP contribution < -0.4 is 5.32 Å². The summed E-state index contributed by atoms with van der Waals surface area (Å²) in [6.07, 6.45) is 0. The van der Waals surface area contributed by atoms with Crippen LogP contribution in [-0.4, -0.2) is 20.8 Å². The molecule has 0 aliphatic rings. The van der Waals surface area contributed by atoms with E-state index < -0.39 is 0 Å². The van der Waals surface area contributed by atoms with Crippen LogP contribution in [0, 0.1) is 0 Å². The van der Waals surface area contributed by atoms with Crippen molar-refractivity contribution >= 4 is 51.1 Å². The number of amides is 1. The fourth-order valence-corrected chi connectivity index (χ4v) is 0.937. The van der Waals surface area contributed by atoms with Crippen LogP contribution >= 0.6 is 45.2 Å². The summed E-state index contributed by atoms with van der Waals surface area (Å²) < 4.78 is 0.595. The van der Waals surface area contributed by atoms with E-state index in [9.17, 15) is 4.79 Å². The van der Waals surface area contributed by atoms with Crippen molar-refractivity contribution in [2.45, 2.75) is 10.3 Å². The van der Waals surface area contributed by atoms with Crippen molar-refractivity contribution in [3.8, 4) is 0 Å². The molecule has 54 valence electrons. The second kappa shape index (κ2) is 3.95. The summed E-state index contributed by atoms with van der Waals surface area (Å²) in [7, 11) is 1.66. The summed E-state index contributed by atoms with van der Waals surface area (Å²) in [5, 5.41) is 2.60. The molecule has 0 fully saturated rings. The second-order valence-corrected chi connectivity index (χ2v) is 5.05. The van der Waals surface area contributed by atoms with Crippen molar-refractivity contribution < 1.29 is 4.79 Å². The Morgan fingerprint density at radius 1 is 1.78 bits per heavy atom. The van der Waals surface area contributed by atoms with Crippen molar-refractivity contribution in [2.24, 2.45) is 0 Å². The van der Waals surface area contributed by atoms with Gasteiger partial charge in [0.05, 0.1) is 0 Å². The highest BCUT2D eigenvalue weighted by atomic mass is 127. The molecule has 0 aromatic heterocycles. The maximum atomic E-state index is 10.9. The number of carbonyl (C=O) groups is 1. The SMILES string of the molecule is CNC(=O)C(C)(I)CI. The molecule has 0 bridgehead atoms. The molecule has 1 atom stereocenters. The third-order valence-corrected chi connectivity index (χ3v) is 4.81. The molecule has 0 radical (unpaired) electrons. The summed E-state index contributed by atoms with van der Waals surface area (Å²) >= 11 is 4.35. The number of rotatable bonds is 2. The van der Waals surface area contributed by atoms with Crippen LogP contribution in [0.25, 0.3) is 0 Å². The van der Waals surface area contributed by atoms with Gasteiger partial charge in [-0.1, -0.05) is 45.2 Å². The Kier molecular flexibility index (Phi) is 4.35. The van der Waals surface area contributed by atoms with Gasteiger partial charge in [0, 0.05) is 11.5 Å². The third kappa shape index (κ3) is 3.01. The first-order chi connectivity index (χ1) is 4.04. The third-order valence-electron chi connectivity index (χ3n) is 0.951. The van der Waals surface area contributed by atoms with Crippen molar-refractivity contribution in [1.29, 1.82) is 0 Å². The number of hydrogen-bond donors (Lipinski definition) is 1. The number of nitrogens with one attached hydrogen (secondary N) is 1. The summed E-state index contributed by atoms with van der Waals surface area (Å²) in [5.74, 6) is 0.0949. The van der Waals surface area contributed by atoms with E-state index >= 15 is 0 Å². The second-order valence-electron chi connectivity index (χ2n) is 1.91. The first-order valence-electron chi connectivity index (χ1n) is 2.51. The first kappa shape index (κ1) is 9.93. The molecule has 0 heterocycles. The number of alkyl halides is 2. The maximum Gasteiger partial charge on any atom is 0.236 e. The molecule has 0 aromatic rings. The van der Waals surface area contributed by atoms with Gasteiger partial charge in [-0.2, -0.15) is 0 Å². The lowest BCUT2D eigenvalue weighted by atomic mass is 10.2. The van der Waals surface area contributed by atoms with Gasteiger partial charge in [0.1, 0.15) is 3.42 Å². The normalized spacial score (nSPS) is 16.4. The lowest BCUT2D eigenvalue weighted by molar-refractivity contribution is -0.121. The van der Waals surface area contributed by atoms with E-state index in [1.807, 2.05) is 6.92 Å². The summed E-state index contributed by atoms with van der Waals surface area (Å²) in [6.45, 7) is 1.92. The minimum absolute atomic E-state index is 0.0949. The molecule has 1 N–H and O–H groups in total. The molecule has 4 heteroatoms. The van der Waals surface area contributed by atoms with Crippen LogP contribution in [0.3, 0.4) is 0 Å². The topological polar surface area (TPSA) is 29.1 Å². The van der Waals surface area contributed by atoms with Gasteiger partial charge in [0.2, 0.25) is 5.91 Å². The van der Waals surface area contributed by atoms with E-state index in [1.54, 1.807) is 7.05 Å². The molecule has 9 heavy (non-hydrogen) atoms. The first-order valence-corrected chi connectivity index (χ1v) is 5.12. The molecule has 0 aliphatic carbocycles. The summed E-state index contributed by atoms with van der Waals surface area (Å²) in [5.41, 5.74) is 0.